The zero-order valence-electron chi connectivity index (χ0n) is 9.83. The maximum atomic E-state index is 13.1. The molecule has 4 aliphatic rings. The molecule has 0 aromatic carbocycles. The third kappa shape index (κ3) is 1.52. The van der Waals surface area contributed by atoms with E-state index in [1.54, 1.807) is 19.1 Å². The van der Waals surface area contributed by atoms with E-state index in [1.165, 1.54) is 0 Å². The highest BCUT2D eigenvalue weighted by Crippen LogP contribution is 2.63. The molecule has 18 heavy (non-hydrogen) atoms. The number of carbonyl (C=O) groups is 1. The van der Waals surface area contributed by atoms with Crippen molar-refractivity contribution in [3.63, 3.8) is 0 Å². The second-order valence-electron chi connectivity index (χ2n) is 5.05. The molecule has 0 N–H and O–H groups in total. The topological polar surface area (TPSA) is 26.3 Å². The van der Waals surface area contributed by atoms with E-state index >= 15 is 0 Å². The van der Waals surface area contributed by atoms with Crippen LogP contribution in [0.25, 0.3) is 0 Å². The average molecular weight is 258 g/mol. The van der Waals surface area contributed by atoms with Crippen molar-refractivity contribution in [2.75, 3.05) is 6.61 Å². The second-order valence-corrected chi connectivity index (χ2v) is 5.05. The maximum Gasteiger partial charge on any atom is 0.413 e. The Morgan fingerprint density at radius 3 is 2.56 bits per heavy atom. The molecule has 4 atom stereocenters. The molecule has 2 nitrogen and oxygen atoms in total. The van der Waals surface area contributed by atoms with Crippen molar-refractivity contribution in [1.29, 1.82) is 0 Å². The molecule has 0 heterocycles. The third-order valence-electron chi connectivity index (χ3n) is 4.10. The summed E-state index contributed by atoms with van der Waals surface area (Å²) in [5.74, 6) is -1.54. The van der Waals surface area contributed by atoms with Gasteiger partial charge < -0.3 is 4.74 Å². The fraction of sp³-hybridized carbons (Fsp3) is 0.615. The molecule has 0 aromatic heterocycles. The number of hydrogen-bond acceptors (Lipinski definition) is 2. The van der Waals surface area contributed by atoms with Gasteiger partial charge in [-0.3, -0.25) is 0 Å². The van der Waals surface area contributed by atoms with Crippen molar-refractivity contribution in [3.8, 4) is 0 Å². The summed E-state index contributed by atoms with van der Waals surface area (Å²) < 4.78 is 44.2. The zero-order chi connectivity index (χ0) is 13.1. The number of esters is 1. The fourth-order valence-corrected chi connectivity index (χ4v) is 3.36. The van der Waals surface area contributed by atoms with Gasteiger partial charge in [-0.25, -0.2) is 4.79 Å². The number of allylic oxidation sites excluding steroid dienone is 3. The molecule has 98 valence electrons. The number of rotatable bonds is 2. The third-order valence-corrected chi connectivity index (χ3v) is 4.10. The van der Waals surface area contributed by atoms with Crippen molar-refractivity contribution in [1.82, 2.24) is 0 Å². The van der Waals surface area contributed by atoms with E-state index in [0.29, 0.717) is 0 Å². The van der Waals surface area contributed by atoms with Crippen LogP contribution in [0.1, 0.15) is 13.3 Å². The van der Waals surface area contributed by atoms with Gasteiger partial charge in [-0.15, -0.1) is 0 Å². The molecule has 2 bridgehead atoms. The van der Waals surface area contributed by atoms with Crippen LogP contribution in [0.5, 0.6) is 0 Å². The van der Waals surface area contributed by atoms with Gasteiger partial charge in [0.2, 0.25) is 0 Å². The highest BCUT2D eigenvalue weighted by Gasteiger charge is 2.61. The minimum Gasteiger partial charge on any atom is -0.463 e. The van der Waals surface area contributed by atoms with Crippen molar-refractivity contribution in [2.45, 2.75) is 19.5 Å². The lowest BCUT2D eigenvalue weighted by molar-refractivity contribution is -0.141. The number of alkyl halides is 3. The Kier molecular flexibility index (Phi) is 2.37. The number of hydrogen-bond donors (Lipinski definition) is 0. The van der Waals surface area contributed by atoms with E-state index in [-0.39, 0.29) is 24.0 Å². The Labute approximate surface area is 102 Å². The van der Waals surface area contributed by atoms with Crippen molar-refractivity contribution in [2.24, 2.45) is 23.7 Å². The van der Waals surface area contributed by atoms with E-state index in [0.717, 1.165) is 6.42 Å². The number of ether oxygens (including phenoxy) is 1. The minimum absolute atomic E-state index is 0.0785. The fourth-order valence-electron chi connectivity index (χ4n) is 3.36. The monoisotopic (exact) mass is 258 g/mol. The van der Waals surface area contributed by atoms with Crippen molar-refractivity contribution in [3.05, 3.63) is 23.3 Å². The Balaban J connectivity index is 2.06. The average Bonchev–Trinajstić information content (AvgIpc) is 3.08. The SMILES string of the molecule is CCOC(=O)C1=C(C(F)(F)F)[C@@H]2C=C[C@H]1[C@@H]1C[C@@H]12. The first-order valence-corrected chi connectivity index (χ1v) is 6.11. The molecule has 0 unspecified atom stereocenters. The summed E-state index contributed by atoms with van der Waals surface area (Å²) in [6.45, 7) is 1.70. The lowest BCUT2D eigenvalue weighted by atomic mass is 9.71. The van der Waals surface area contributed by atoms with E-state index < -0.39 is 29.6 Å². The predicted octanol–water partition coefficient (Wildman–Crippen LogP) is 2.86. The molecule has 1 fully saturated rings. The highest BCUT2D eigenvalue weighted by atomic mass is 19.4. The van der Waals surface area contributed by atoms with Crippen LogP contribution in [0.2, 0.25) is 0 Å². The summed E-state index contributed by atoms with van der Waals surface area (Å²) >= 11 is 0. The van der Waals surface area contributed by atoms with Gasteiger partial charge in [-0.1, -0.05) is 12.2 Å². The Morgan fingerprint density at radius 2 is 1.94 bits per heavy atom. The maximum absolute atomic E-state index is 13.1. The van der Waals surface area contributed by atoms with E-state index in [2.05, 4.69) is 0 Å². The molecule has 4 rings (SSSR count). The Bertz CT molecular complexity index is 461. The van der Waals surface area contributed by atoms with Gasteiger partial charge in [0, 0.05) is 11.8 Å². The van der Waals surface area contributed by atoms with Crippen LogP contribution in [0.3, 0.4) is 0 Å². The first-order chi connectivity index (χ1) is 8.45. The zero-order valence-corrected chi connectivity index (χ0v) is 9.83. The lowest BCUT2D eigenvalue weighted by Gasteiger charge is -2.35. The Morgan fingerprint density at radius 1 is 1.33 bits per heavy atom. The lowest BCUT2D eigenvalue weighted by Crippen LogP contribution is -2.35. The number of carbonyl (C=O) groups excluding carboxylic acids is 1. The summed E-state index contributed by atoms with van der Waals surface area (Å²) in [6.07, 6.45) is -0.293. The predicted molar refractivity (Wildman–Crippen MR) is 57.4 cm³/mol. The van der Waals surface area contributed by atoms with E-state index in [1.807, 2.05) is 0 Å². The summed E-state index contributed by atoms with van der Waals surface area (Å²) in [5, 5.41) is 0. The standard InChI is InChI=1S/C13H13F3O2/c1-2-18-12(17)10-6-3-4-7(9-5-8(6)9)11(10)13(14,15)16/h3-4,6-9H,2,5H2,1H3/t6-,7+,8-,9+/m0/s1. The molecule has 0 amide bonds. The molecule has 0 saturated heterocycles. The quantitative estimate of drug-likeness (QED) is 0.562. The highest BCUT2D eigenvalue weighted by molar-refractivity contribution is 5.92. The van der Waals surface area contributed by atoms with Gasteiger partial charge in [0.1, 0.15) is 0 Å². The largest absolute Gasteiger partial charge is 0.463 e. The first-order valence-electron chi connectivity index (χ1n) is 6.11. The van der Waals surface area contributed by atoms with Gasteiger partial charge in [0.25, 0.3) is 0 Å². The molecule has 0 aromatic rings. The normalized spacial score (nSPS) is 36.7. The van der Waals surface area contributed by atoms with Gasteiger partial charge in [0.15, 0.2) is 0 Å². The molecule has 5 heteroatoms. The summed E-state index contributed by atoms with van der Waals surface area (Å²) in [5.41, 5.74) is -0.803. The first kappa shape index (κ1) is 11.8. The summed E-state index contributed by atoms with van der Waals surface area (Å²) in [6, 6.07) is 0. The summed E-state index contributed by atoms with van der Waals surface area (Å²) in [7, 11) is 0. The molecular weight excluding hydrogens is 245 g/mol. The molecule has 0 spiro atoms. The minimum atomic E-state index is -4.44. The van der Waals surface area contributed by atoms with Gasteiger partial charge in [0.05, 0.1) is 17.8 Å². The van der Waals surface area contributed by atoms with Crippen LogP contribution < -0.4 is 0 Å². The molecule has 0 radical (unpaired) electrons. The van der Waals surface area contributed by atoms with Crippen LogP contribution in [-0.4, -0.2) is 18.8 Å². The van der Waals surface area contributed by atoms with Crippen molar-refractivity contribution < 1.29 is 22.7 Å². The van der Waals surface area contributed by atoms with Gasteiger partial charge in [-0.05, 0) is 25.2 Å². The van der Waals surface area contributed by atoms with Crippen LogP contribution >= 0.6 is 0 Å². The van der Waals surface area contributed by atoms with E-state index in [9.17, 15) is 18.0 Å². The van der Waals surface area contributed by atoms with Crippen molar-refractivity contribution >= 4 is 5.97 Å². The van der Waals surface area contributed by atoms with Crippen LogP contribution in [0.4, 0.5) is 13.2 Å². The van der Waals surface area contributed by atoms with Gasteiger partial charge >= 0.3 is 12.1 Å². The molecule has 4 aliphatic carbocycles. The van der Waals surface area contributed by atoms with E-state index in [4.69, 9.17) is 4.74 Å². The van der Waals surface area contributed by atoms with Crippen LogP contribution in [0.15, 0.2) is 23.3 Å². The molecular formula is C13H13F3O2. The smallest absolute Gasteiger partial charge is 0.413 e. The second kappa shape index (κ2) is 3.62. The van der Waals surface area contributed by atoms with Crippen LogP contribution in [0, 0.1) is 23.7 Å². The molecule has 1 saturated carbocycles. The number of halogens is 3. The van der Waals surface area contributed by atoms with Crippen LogP contribution in [-0.2, 0) is 9.53 Å². The molecule has 0 aliphatic heterocycles. The summed E-state index contributed by atoms with van der Waals surface area (Å²) in [4.78, 5) is 11.8. The van der Waals surface area contributed by atoms with Gasteiger partial charge in [-0.2, -0.15) is 13.2 Å². The Hall–Kier alpha value is -1.26.